The van der Waals surface area contributed by atoms with Gasteiger partial charge in [-0.05, 0) is 56.6 Å². The normalized spacial score (nSPS) is 20.1. The van der Waals surface area contributed by atoms with Crippen molar-refractivity contribution in [3.05, 3.63) is 36.9 Å². The number of hydrogen-bond donors (Lipinski definition) is 1. The van der Waals surface area contributed by atoms with Gasteiger partial charge in [0.05, 0.1) is 6.20 Å². The monoisotopic (exact) mass is 285 g/mol. The van der Waals surface area contributed by atoms with E-state index in [-0.39, 0.29) is 0 Å². The summed E-state index contributed by atoms with van der Waals surface area (Å²) in [5.74, 6) is 0.814. The Balaban J connectivity index is 1.60. The lowest BCUT2D eigenvalue weighted by molar-refractivity contribution is 0.300. The van der Waals surface area contributed by atoms with Gasteiger partial charge in [0, 0.05) is 23.8 Å². The van der Waals surface area contributed by atoms with Gasteiger partial charge in [0.2, 0.25) is 0 Å². The molecule has 2 heterocycles. The molecule has 0 spiro atoms. The first-order chi connectivity index (χ1) is 10.3. The molecule has 0 aliphatic carbocycles. The first-order valence-corrected chi connectivity index (χ1v) is 7.83. The molecule has 112 valence electrons. The van der Waals surface area contributed by atoms with Gasteiger partial charge in [-0.1, -0.05) is 6.92 Å². The Hall–Kier alpha value is -1.81. The molecule has 4 heteroatoms. The number of nitrogens with zero attached hydrogens (tertiary/aromatic N) is 2. The van der Waals surface area contributed by atoms with E-state index in [9.17, 15) is 0 Å². The van der Waals surface area contributed by atoms with E-state index < -0.39 is 0 Å². The van der Waals surface area contributed by atoms with Crippen molar-refractivity contribution in [2.45, 2.75) is 32.2 Å². The van der Waals surface area contributed by atoms with Crippen LogP contribution in [0.2, 0.25) is 0 Å². The van der Waals surface area contributed by atoms with Crippen molar-refractivity contribution in [1.82, 2.24) is 9.88 Å². The predicted molar refractivity (Wildman–Crippen MR) is 85.3 cm³/mol. The van der Waals surface area contributed by atoms with Crippen LogP contribution in [0.4, 0.5) is 5.69 Å². The Bertz CT molecular complexity index is 536. The molecular formula is C17H23N3O. The minimum absolute atomic E-state index is 0.581. The molecule has 3 rings (SSSR count). The Kier molecular flexibility index (Phi) is 4.55. The molecule has 1 aliphatic rings. The molecule has 1 fully saturated rings. The van der Waals surface area contributed by atoms with Gasteiger partial charge >= 0.3 is 0 Å². The number of oxazole rings is 1. The molecular weight excluding hydrogens is 262 g/mol. The molecule has 0 amide bonds. The molecule has 2 aromatic rings. The first-order valence-electron chi connectivity index (χ1n) is 7.83. The summed E-state index contributed by atoms with van der Waals surface area (Å²) in [5.41, 5.74) is 2.25. The summed E-state index contributed by atoms with van der Waals surface area (Å²) in [4.78, 5) is 6.49. The maximum absolute atomic E-state index is 5.31. The third-order valence-corrected chi connectivity index (χ3v) is 4.24. The van der Waals surface area contributed by atoms with Crippen molar-refractivity contribution in [1.29, 1.82) is 0 Å². The van der Waals surface area contributed by atoms with E-state index in [4.69, 9.17) is 4.42 Å². The van der Waals surface area contributed by atoms with Gasteiger partial charge < -0.3 is 14.6 Å². The van der Waals surface area contributed by atoms with Gasteiger partial charge in [-0.25, -0.2) is 4.98 Å². The van der Waals surface area contributed by atoms with E-state index in [1.54, 1.807) is 6.20 Å². The number of hydrogen-bond acceptors (Lipinski definition) is 4. The lowest BCUT2D eigenvalue weighted by Crippen LogP contribution is -2.26. The van der Waals surface area contributed by atoms with E-state index in [2.05, 4.69) is 46.4 Å². The summed E-state index contributed by atoms with van der Waals surface area (Å²) < 4.78 is 5.31. The molecule has 0 radical (unpaired) electrons. The summed E-state index contributed by atoms with van der Waals surface area (Å²) in [6.07, 6.45) is 6.96. The van der Waals surface area contributed by atoms with Crippen molar-refractivity contribution in [2.24, 2.45) is 0 Å². The summed E-state index contributed by atoms with van der Waals surface area (Å²) in [6, 6.07) is 8.99. The van der Waals surface area contributed by atoms with Crippen LogP contribution < -0.4 is 5.32 Å². The lowest BCUT2D eigenvalue weighted by atomic mass is 10.1. The van der Waals surface area contributed by atoms with Crippen LogP contribution in [0.5, 0.6) is 0 Å². The second-order valence-corrected chi connectivity index (χ2v) is 5.65. The maximum atomic E-state index is 5.31. The average Bonchev–Trinajstić information content (AvgIpc) is 2.96. The van der Waals surface area contributed by atoms with Gasteiger partial charge in [0.25, 0.3) is 0 Å². The molecule has 1 aliphatic heterocycles. The predicted octanol–water partition coefficient (Wildman–Crippen LogP) is 3.63. The fraction of sp³-hybridized carbons (Fsp3) is 0.471. The van der Waals surface area contributed by atoms with Crippen LogP contribution in [0.25, 0.3) is 11.3 Å². The second kappa shape index (κ2) is 6.76. The van der Waals surface area contributed by atoms with E-state index >= 15 is 0 Å². The summed E-state index contributed by atoms with van der Waals surface area (Å²) in [5, 5.41) is 3.67. The highest BCUT2D eigenvalue weighted by molar-refractivity contribution is 5.60. The number of nitrogens with one attached hydrogen (secondary N) is 1. The van der Waals surface area contributed by atoms with Crippen molar-refractivity contribution in [3.63, 3.8) is 0 Å². The molecule has 1 saturated heterocycles. The standard InChI is InChI=1S/C17H23N3O/c1-2-20-10-3-4-15(9-11-20)19-16-7-5-14(6-8-16)17-12-18-13-21-17/h5-8,12-13,15,19H,2-4,9-11H2,1H3. The minimum Gasteiger partial charge on any atom is -0.444 e. The van der Waals surface area contributed by atoms with Crippen LogP contribution in [0.1, 0.15) is 26.2 Å². The molecule has 0 saturated carbocycles. The zero-order valence-corrected chi connectivity index (χ0v) is 12.6. The van der Waals surface area contributed by atoms with Crippen LogP contribution in [-0.2, 0) is 0 Å². The van der Waals surface area contributed by atoms with Crippen LogP contribution in [0.15, 0.2) is 41.3 Å². The minimum atomic E-state index is 0.581. The highest BCUT2D eigenvalue weighted by Gasteiger charge is 2.15. The highest BCUT2D eigenvalue weighted by Crippen LogP contribution is 2.22. The molecule has 0 bridgehead atoms. The lowest BCUT2D eigenvalue weighted by Gasteiger charge is -2.19. The Morgan fingerprint density at radius 1 is 1.24 bits per heavy atom. The fourth-order valence-electron chi connectivity index (χ4n) is 2.94. The van der Waals surface area contributed by atoms with E-state index in [0.717, 1.165) is 11.3 Å². The van der Waals surface area contributed by atoms with Gasteiger partial charge in [0.1, 0.15) is 0 Å². The smallest absolute Gasteiger partial charge is 0.181 e. The van der Waals surface area contributed by atoms with Gasteiger partial charge in [-0.3, -0.25) is 0 Å². The summed E-state index contributed by atoms with van der Waals surface area (Å²) in [6.45, 7) is 5.85. The molecule has 1 N–H and O–H groups in total. The number of aromatic nitrogens is 1. The zero-order chi connectivity index (χ0) is 14.5. The molecule has 1 unspecified atom stereocenters. The van der Waals surface area contributed by atoms with Crippen molar-refractivity contribution >= 4 is 5.69 Å². The Morgan fingerprint density at radius 3 is 2.81 bits per heavy atom. The van der Waals surface area contributed by atoms with Gasteiger partial charge in [-0.2, -0.15) is 0 Å². The first kappa shape index (κ1) is 14.1. The van der Waals surface area contributed by atoms with Gasteiger partial charge in [0.15, 0.2) is 12.2 Å². The average molecular weight is 285 g/mol. The molecule has 4 nitrogen and oxygen atoms in total. The van der Waals surface area contributed by atoms with E-state index in [1.165, 1.54) is 51.0 Å². The number of likely N-dealkylation sites (tertiary alicyclic amines) is 1. The fourth-order valence-corrected chi connectivity index (χ4v) is 2.94. The van der Waals surface area contributed by atoms with Crippen molar-refractivity contribution in [2.75, 3.05) is 25.0 Å². The topological polar surface area (TPSA) is 41.3 Å². The SMILES string of the molecule is CCN1CCCC(Nc2ccc(-c3cnco3)cc2)CC1. The third-order valence-electron chi connectivity index (χ3n) is 4.24. The van der Waals surface area contributed by atoms with Crippen LogP contribution in [0, 0.1) is 0 Å². The maximum Gasteiger partial charge on any atom is 0.181 e. The Morgan fingerprint density at radius 2 is 2.10 bits per heavy atom. The third kappa shape index (κ3) is 3.64. The van der Waals surface area contributed by atoms with Crippen molar-refractivity contribution in [3.8, 4) is 11.3 Å². The second-order valence-electron chi connectivity index (χ2n) is 5.65. The Labute approximate surface area is 126 Å². The summed E-state index contributed by atoms with van der Waals surface area (Å²) >= 11 is 0. The number of rotatable bonds is 4. The highest BCUT2D eigenvalue weighted by atomic mass is 16.3. The van der Waals surface area contributed by atoms with E-state index in [0.29, 0.717) is 6.04 Å². The van der Waals surface area contributed by atoms with Crippen LogP contribution in [-0.4, -0.2) is 35.6 Å². The van der Waals surface area contributed by atoms with E-state index in [1.807, 2.05) is 0 Å². The number of benzene rings is 1. The van der Waals surface area contributed by atoms with Crippen LogP contribution >= 0.6 is 0 Å². The zero-order valence-electron chi connectivity index (χ0n) is 12.6. The van der Waals surface area contributed by atoms with Crippen molar-refractivity contribution < 1.29 is 4.42 Å². The van der Waals surface area contributed by atoms with Crippen LogP contribution in [0.3, 0.4) is 0 Å². The number of anilines is 1. The molecule has 1 aromatic heterocycles. The molecule has 1 atom stereocenters. The quantitative estimate of drug-likeness (QED) is 0.931. The largest absolute Gasteiger partial charge is 0.444 e. The molecule has 21 heavy (non-hydrogen) atoms. The summed E-state index contributed by atoms with van der Waals surface area (Å²) in [7, 11) is 0. The van der Waals surface area contributed by atoms with Gasteiger partial charge in [-0.15, -0.1) is 0 Å². The molecule has 1 aromatic carbocycles.